The maximum atomic E-state index is 10.2. The van der Waals surface area contributed by atoms with Gasteiger partial charge in [-0.1, -0.05) is 48.5 Å². The molecule has 0 bridgehead atoms. The van der Waals surface area contributed by atoms with Crippen LogP contribution in [0.1, 0.15) is 0 Å². The summed E-state index contributed by atoms with van der Waals surface area (Å²) in [4.78, 5) is 0.755. The Kier molecular flexibility index (Phi) is 3.84. The Morgan fingerprint density at radius 3 is 2.05 bits per heavy atom. The second-order valence-corrected chi connectivity index (χ2v) is 5.07. The first kappa shape index (κ1) is 13.6. The minimum atomic E-state index is 0.0931. The largest absolute Gasteiger partial charge is 0.504 e. The lowest BCUT2D eigenvalue weighted by atomic mass is 10.0. The van der Waals surface area contributed by atoms with Crippen LogP contribution >= 0.6 is 12.6 Å². The van der Waals surface area contributed by atoms with Crippen LogP contribution in [0.4, 0.5) is 0 Å². The topological polar surface area (TPSA) is 29.5 Å². The van der Waals surface area contributed by atoms with Gasteiger partial charge in [-0.05, 0) is 29.8 Å². The predicted octanol–water partition coefficient (Wildman–Crippen LogP) is 5.14. The van der Waals surface area contributed by atoms with Crippen molar-refractivity contribution in [3.8, 4) is 28.4 Å². The molecule has 0 aliphatic rings. The number of phenolic OH excluding ortho intramolecular Hbond substituents is 1. The van der Waals surface area contributed by atoms with Gasteiger partial charge in [0, 0.05) is 10.5 Å². The molecule has 0 unspecified atom stereocenters. The van der Waals surface area contributed by atoms with Crippen molar-refractivity contribution in [1.29, 1.82) is 0 Å². The fourth-order valence-electron chi connectivity index (χ4n) is 2.15. The van der Waals surface area contributed by atoms with Crippen molar-refractivity contribution in [2.45, 2.75) is 4.90 Å². The van der Waals surface area contributed by atoms with E-state index in [9.17, 15) is 5.11 Å². The third kappa shape index (κ3) is 2.88. The van der Waals surface area contributed by atoms with E-state index in [1.54, 1.807) is 12.1 Å². The molecule has 0 heterocycles. The number of benzene rings is 3. The molecule has 21 heavy (non-hydrogen) atoms. The molecule has 0 fully saturated rings. The second kappa shape index (κ2) is 5.94. The zero-order chi connectivity index (χ0) is 14.7. The van der Waals surface area contributed by atoms with Crippen LogP contribution in [-0.4, -0.2) is 5.11 Å². The Morgan fingerprint density at radius 1 is 0.762 bits per heavy atom. The van der Waals surface area contributed by atoms with Crippen LogP contribution in [0.2, 0.25) is 0 Å². The Balaban J connectivity index is 2.13. The SMILES string of the molecule is Oc1ccc(S)c(-c2ccccc2)c1Oc1ccccc1. The average molecular weight is 294 g/mol. The number of rotatable bonds is 3. The number of hydrogen-bond donors (Lipinski definition) is 2. The molecule has 0 amide bonds. The molecule has 0 saturated heterocycles. The van der Waals surface area contributed by atoms with E-state index >= 15 is 0 Å². The molecule has 0 aromatic heterocycles. The zero-order valence-corrected chi connectivity index (χ0v) is 12.1. The van der Waals surface area contributed by atoms with E-state index in [0.717, 1.165) is 16.0 Å². The molecule has 0 aliphatic carbocycles. The molecule has 3 rings (SSSR count). The van der Waals surface area contributed by atoms with E-state index < -0.39 is 0 Å². The lowest BCUT2D eigenvalue weighted by Gasteiger charge is -2.15. The first-order valence-electron chi connectivity index (χ1n) is 6.59. The lowest BCUT2D eigenvalue weighted by Crippen LogP contribution is -1.90. The predicted molar refractivity (Wildman–Crippen MR) is 87.3 cm³/mol. The summed E-state index contributed by atoms with van der Waals surface area (Å²) >= 11 is 4.50. The summed E-state index contributed by atoms with van der Waals surface area (Å²) in [5.41, 5.74) is 1.73. The van der Waals surface area contributed by atoms with Crippen LogP contribution in [0, 0.1) is 0 Å². The van der Waals surface area contributed by atoms with E-state index in [4.69, 9.17) is 4.74 Å². The highest BCUT2D eigenvalue weighted by Crippen LogP contribution is 2.43. The van der Waals surface area contributed by atoms with Crippen molar-refractivity contribution < 1.29 is 9.84 Å². The fourth-order valence-corrected chi connectivity index (χ4v) is 2.46. The van der Waals surface area contributed by atoms with Crippen molar-refractivity contribution in [3.05, 3.63) is 72.8 Å². The highest BCUT2D eigenvalue weighted by Gasteiger charge is 2.15. The Morgan fingerprint density at radius 2 is 1.38 bits per heavy atom. The summed E-state index contributed by atoms with van der Waals surface area (Å²) in [6, 6.07) is 22.5. The van der Waals surface area contributed by atoms with E-state index in [2.05, 4.69) is 12.6 Å². The van der Waals surface area contributed by atoms with Crippen LogP contribution < -0.4 is 4.74 Å². The molecule has 3 aromatic rings. The first-order chi connectivity index (χ1) is 10.3. The Bertz CT molecular complexity index is 740. The monoisotopic (exact) mass is 294 g/mol. The minimum Gasteiger partial charge on any atom is -0.504 e. The van der Waals surface area contributed by atoms with Crippen molar-refractivity contribution in [2.24, 2.45) is 0 Å². The van der Waals surface area contributed by atoms with Crippen LogP contribution in [-0.2, 0) is 0 Å². The van der Waals surface area contributed by atoms with Crippen molar-refractivity contribution >= 4 is 12.6 Å². The summed E-state index contributed by atoms with van der Waals surface area (Å²) in [6.45, 7) is 0. The van der Waals surface area contributed by atoms with Crippen LogP contribution in [0.3, 0.4) is 0 Å². The van der Waals surface area contributed by atoms with E-state index in [1.165, 1.54) is 0 Å². The van der Waals surface area contributed by atoms with Gasteiger partial charge in [-0.2, -0.15) is 0 Å². The minimum absolute atomic E-state index is 0.0931. The molecule has 3 aromatic carbocycles. The number of aromatic hydroxyl groups is 1. The Labute approximate surface area is 129 Å². The zero-order valence-electron chi connectivity index (χ0n) is 11.2. The van der Waals surface area contributed by atoms with Crippen LogP contribution in [0.15, 0.2) is 77.7 Å². The van der Waals surface area contributed by atoms with Crippen LogP contribution in [0.5, 0.6) is 17.2 Å². The molecule has 0 radical (unpaired) electrons. The highest BCUT2D eigenvalue weighted by atomic mass is 32.1. The molecule has 2 nitrogen and oxygen atoms in total. The molecule has 1 N–H and O–H groups in total. The van der Waals surface area contributed by atoms with E-state index in [0.29, 0.717) is 11.5 Å². The second-order valence-electron chi connectivity index (χ2n) is 4.59. The van der Waals surface area contributed by atoms with E-state index in [-0.39, 0.29) is 5.75 Å². The molecule has 0 spiro atoms. The normalized spacial score (nSPS) is 10.3. The molecule has 0 aliphatic heterocycles. The molecule has 104 valence electrons. The number of phenols is 1. The summed E-state index contributed by atoms with van der Waals surface area (Å²) in [7, 11) is 0. The summed E-state index contributed by atoms with van der Waals surface area (Å²) in [5.74, 6) is 1.18. The number of ether oxygens (including phenoxy) is 1. The van der Waals surface area contributed by atoms with Gasteiger partial charge in [0.05, 0.1) is 0 Å². The molecular weight excluding hydrogens is 280 g/mol. The summed E-state index contributed by atoms with van der Waals surface area (Å²) < 4.78 is 5.88. The fraction of sp³-hybridized carbons (Fsp3) is 0. The van der Waals surface area contributed by atoms with Gasteiger partial charge in [-0.15, -0.1) is 12.6 Å². The first-order valence-corrected chi connectivity index (χ1v) is 7.03. The summed E-state index contributed by atoms with van der Waals surface area (Å²) in [5, 5.41) is 10.2. The van der Waals surface area contributed by atoms with Crippen molar-refractivity contribution in [2.75, 3.05) is 0 Å². The summed E-state index contributed by atoms with van der Waals surface area (Å²) in [6.07, 6.45) is 0. The van der Waals surface area contributed by atoms with Gasteiger partial charge in [-0.25, -0.2) is 0 Å². The number of para-hydroxylation sites is 1. The number of thiol groups is 1. The van der Waals surface area contributed by atoms with Crippen molar-refractivity contribution in [3.63, 3.8) is 0 Å². The third-order valence-electron chi connectivity index (χ3n) is 3.14. The van der Waals surface area contributed by atoms with Gasteiger partial charge in [-0.3, -0.25) is 0 Å². The van der Waals surface area contributed by atoms with Gasteiger partial charge >= 0.3 is 0 Å². The Hall–Kier alpha value is -2.39. The standard InChI is InChI=1S/C18H14O2S/c19-15-11-12-16(21)17(13-7-3-1-4-8-13)18(15)20-14-9-5-2-6-10-14/h1-12,19,21H. The smallest absolute Gasteiger partial charge is 0.177 e. The van der Waals surface area contributed by atoms with Crippen molar-refractivity contribution in [1.82, 2.24) is 0 Å². The highest BCUT2D eigenvalue weighted by molar-refractivity contribution is 7.80. The van der Waals surface area contributed by atoms with E-state index in [1.807, 2.05) is 60.7 Å². The molecule has 3 heteroatoms. The molecular formula is C18H14O2S. The van der Waals surface area contributed by atoms with Gasteiger partial charge in [0.1, 0.15) is 5.75 Å². The average Bonchev–Trinajstić information content (AvgIpc) is 2.53. The maximum absolute atomic E-state index is 10.2. The van der Waals surface area contributed by atoms with Gasteiger partial charge < -0.3 is 9.84 Å². The van der Waals surface area contributed by atoms with Gasteiger partial charge in [0.2, 0.25) is 0 Å². The number of hydrogen-bond acceptors (Lipinski definition) is 3. The third-order valence-corrected chi connectivity index (χ3v) is 3.51. The van der Waals surface area contributed by atoms with Crippen LogP contribution in [0.25, 0.3) is 11.1 Å². The van der Waals surface area contributed by atoms with Gasteiger partial charge in [0.25, 0.3) is 0 Å². The lowest BCUT2D eigenvalue weighted by molar-refractivity contribution is 0.411. The maximum Gasteiger partial charge on any atom is 0.177 e. The quantitative estimate of drug-likeness (QED) is 0.655. The molecule has 0 saturated carbocycles. The van der Waals surface area contributed by atoms with Gasteiger partial charge in [0.15, 0.2) is 11.5 Å². The molecule has 0 atom stereocenters.